The molecule has 0 aliphatic carbocycles. The van der Waals surface area contributed by atoms with Crippen molar-refractivity contribution >= 4 is 16.8 Å². The molecule has 0 spiro atoms. The van der Waals surface area contributed by atoms with E-state index in [0.29, 0.717) is 27.7 Å². The number of aromatic amines is 1. The topological polar surface area (TPSA) is 65.1 Å². The molecule has 0 saturated heterocycles. The fourth-order valence-electron chi connectivity index (χ4n) is 4.30. The SMILES string of the molecule is O=C(NC(c1ccccc1)[C@@H](O)c1ccccc1)c1[nH]c2ccc(F)cc2c1-c1ccccc1. The lowest BCUT2D eigenvalue weighted by Crippen LogP contribution is -2.33. The van der Waals surface area contributed by atoms with Gasteiger partial charge in [-0.3, -0.25) is 4.79 Å². The Kier molecular flexibility index (Phi) is 5.93. The number of aliphatic hydroxyl groups excluding tert-OH is 1. The molecule has 0 saturated carbocycles. The molecule has 1 heterocycles. The van der Waals surface area contributed by atoms with E-state index < -0.39 is 12.1 Å². The standard InChI is InChI=1S/C29H23FN2O2/c30-22-16-17-24-23(18-22)25(19-10-4-1-5-11-19)27(31-24)29(34)32-26(20-12-6-2-7-13-20)28(33)21-14-8-3-9-15-21/h1-18,26,28,31,33H,(H,32,34)/t26?,28-/m0/s1. The fraction of sp³-hybridized carbons (Fsp3) is 0.0690. The molecule has 0 aliphatic heterocycles. The van der Waals surface area contributed by atoms with Crippen molar-refractivity contribution in [2.45, 2.75) is 12.1 Å². The smallest absolute Gasteiger partial charge is 0.268 e. The molecular formula is C29H23FN2O2. The Morgan fingerprint density at radius 1 is 0.794 bits per heavy atom. The van der Waals surface area contributed by atoms with Crippen LogP contribution in [0.4, 0.5) is 4.39 Å². The predicted molar refractivity (Wildman–Crippen MR) is 132 cm³/mol. The average molecular weight is 451 g/mol. The normalized spacial score (nSPS) is 12.9. The molecule has 168 valence electrons. The summed E-state index contributed by atoms with van der Waals surface area (Å²) in [6.45, 7) is 0. The first-order chi connectivity index (χ1) is 16.6. The molecule has 0 fully saturated rings. The van der Waals surface area contributed by atoms with E-state index in [1.54, 1.807) is 6.07 Å². The van der Waals surface area contributed by atoms with Crippen molar-refractivity contribution in [3.8, 4) is 11.1 Å². The van der Waals surface area contributed by atoms with Crippen molar-refractivity contribution in [1.82, 2.24) is 10.3 Å². The number of amides is 1. The number of hydrogen-bond acceptors (Lipinski definition) is 2. The van der Waals surface area contributed by atoms with E-state index in [9.17, 15) is 14.3 Å². The van der Waals surface area contributed by atoms with Crippen LogP contribution < -0.4 is 5.32 Å². The molecule has 2 atom stereocenters. The predicted octanol–water partition coefficient (Wildman–Crippen LogP) is 6.18. The molecule has 1 aromatic heterocycles. The number of carbonyl (C=O) groups excluding carboxylic acids is 1. The molecule has 0 radical (unpaired) electrons. The van der Waals surface area contributed by atoms with Crippen molar-refractivity contribution in [3.63, 3.8) is 0 Å². The number of nitrogens with one attached hydrogen (secondary N) is 2. The lowest BCUT2D eigenvalue weighted by molar-refractivity contribution is 0.0828. The molecular weight excluding hydrogens is 427 g/mol. The third-order valence-electron chi connectivity index (χ3n) is 5.95. The monoisotopic (exact) mass is 450 g/mol. The Balaban J connectivity index is 1.59. The molecule has 0 bridgehead atoms. The second-order valence-electron chi connectivity index (χ2n) is 8.15. The summed E-state index contributed by atoms with van der Waals surface area (Å²) in [6.07, 6.45) is -0.963. The molecule has 3 N–H and O–H groups in total. The molecule has 34 heavy (non-hydrogen) atoms. The zero-order valence-corrected chi connectivity index (χ0v) is 18.3. The second-order valence-corrected chi connectivity index (χ2v) is 8.15. The van der Waals surface area contributed by atoms with E-state index >= 15 is 0 Å². The number of fused-ring (bicyclic) bond motifs is 1. The van der Waals surface area contributed by atoms with Crippen LogP contribution in [0.15, 0.2) is 109 Å². The number of aliphatic hydroxyl groups is 1. The summed E-state index contributed by atoms with van der Waals surface area (Å²) >= 11 is 0. The highest BCUT2D eigenvalue weighted by Crippen LogP contribution is 2.34. The van der Waals surface area contributed by atoms with Gasteiger partial charge in [-0.15, -0.1) is 0 Å². The summed E-state index contributed by atoms with van der Waals surface area (Å²) in [5.41, 5.74) is 3.85. The molecule has 5 aromatic rings. The summed E-state index contributed by atoms with van der Waals surface area (Å²) in [4.78, 5) is 16.8. The van der Waals surface area contributed by atoms with Crippen LogP contribution in [0.1, 0.15) is 33.8 Å². The summed E-state index contributed by atoms with van der Waals surface area (Å²) in [5, 5.41) is 14.9. The van der Waals surface area contributed by atoms with Gasteiger partial charge in [-0.2, -0.15) is 0 Å². The van der Waals surface area contributed by atoms with Crippen molar-refractivity contribution < 1.29 is 14.3 Å². The van der Waals surface area contributed by atoms with Crippen molar-refractivity contribution in [1.29, 1.82) is 0 Å². The van der Waals surface area contributed by atoms with Crippen molar-refractivity contribution in [3.05, 3.63) is 132 Å². The maximum Gasteiger partial charge on any atom is 0.268 e. The Labute approximate surface area is 196 Å². The molecule has 0 aliphatic rings. The van der Waals surface area contributed by atoms with Gasteiger partial charge in [-0.05, 0) is 34.9 Å². The van der Waals surface area contributed by atoms with Crippen LogP contribution in [0.3, 0.4) is 0 Å². The summed E-state index contributed by atoms with van der Waals surface area (Å²) in [5.74, 6) is -0.767. The average Bonchev–Trinajstić information content (AvgIpc) is 3.27. The fourth-order valence-corrected chi connectivity index (χ4v) is 4.30. The van der Waals surface area contributed by atoms with Crippen molar-refractivity contribution in [2.75, 3.05) is 0 Å². The van der Waals surface area contributed by atoms with Gasteiger partial charge < -0.3 is 15.4 Å². The van der Waals surface area contributed by atoms with Gasteiger partial charge >= 0.3 is 0 Å². The molecule has 1 unspecified atom stereocenters. The largest absolute Gasteiger partial charge is 0.386 e. The van der Waals surface area contributed by atoms with Crippen LogP contribution in [-0.4, -0.2) is 16.0 Å². The van der Waals surface area contributed by atoms with Crippen LogP contribution in [0.25, 0.3) is 22.0 Å². The van der Waals surface area contributed by atoms with Crippen molar-refractivity contribution in [2.24, 2.45) is 0 Å². The van der Waals surface area contributed by atoms with Gasteiger partial charge in [0.15, 0.2) is 0 Å². The maximum atomic E-state index is 14.1. The molecule has 5 heteroatoms. The molecule has 4 aromatic carbocycles. The maximum absolute atomic E-state index is 14.1. The number of carbonyl (C=O) groups is 1. The number of H-pyrrole nitrogens is 1. The van der Waals surface area contributed by atoms with Gasteiger partial charge in [0.2, 0.25) is 0 Å². The number of hydrogen-bond donors (Lipinski definition) is 3. The molecule has 1 amide bonds. The van der Waals surface area contributed by atoms with Gasteiger partial charge in [-0.1, -0.05) is 91.0 Å². The van der Waals surface area contributed by atoms with Crippen LogP contribution in [0, 0.1) is 5.82 Å². The lowest BCUT2D eigenvalue weighted by Gasteiger charge is -2.25. The number of halogens is 1. The van der Waals surface area contributed by atoms with E-state index in [1.807, 2.05) is 91.0 Å². The van der Waals surface area contributed by atoms with Gasteiger partial charge in [0.1, 0.15) is 17.6 Å². The third kappa shape index (κ3) is 4.21. The summed E-state index contributed by atoms with van der Waals surface area (Å²) < 4.78 is 14.1. The lowest BCUT2D eigenvalue weighted by atomic mass is 9.95. The van der Waals surface area contributed by atoms with E-state index in [-0.39, 0.29) is 11.7 Å². The Hall–Kier alpha value is -4.22. The summed E-state index contributed by atoms with van der Waals surface area (Å²) in [7, 11) is 0. The van der Waals surface area contributed by atoms with E-state index in [0.717, 1.165) is 11.1 Å². The summed E-state index contributed by atoms with van der Waals surface area (Å²) in [6, 6.07) is 31.7. The van der Waals surface area contributed by atoms with E-state index in [2.05, 4.69) is 10.3 Å². The van der Waals surface area contributed by atoms with E-state index in [4.69, 9.17) is 0 Å². The third-order valence-corrected chi connectivity index (χ3v) is 5.95. The van der Waals surface area contributed by atoms with Gasteiger partial charge in [0, 0.05) is 16.5 Å². The number of benzene rings is 4. The Bertz CT molecular complexity index is 1420. The number of rotatable bonds is 6. The van der Waals surface area contributed by atoms with Gasteiger partial charge in [0.05, 0.1) is 6.04 Å². The Morgan fingerprint density at radius 3 is 2.03 bits per heavy atom. The molecule has 5 rings (SSSR count). The highest BCUT2D eigenvalue weighted by Gasteiger charge is 2.27. The Morgan fingerprint density at radius 2 is 1.38 bits per heavy atom. The minimum absolute atomic E-state index is 0.313. The minimum atomic E-state index is -0.963. The van der Waals surface area contributed by atoms with E-state index in [1.165, 1.54) is 12.1 Å². The van der Waals surface area contributed by atoms with Crippen LogP contribution >= 0.6 is 0 Å². The highest BCUT2D eigenvalue weighted by molar-refractivity contribution is 6.09. The minimum Gasteiger partial charge on any atom is -0.386 e. The van der Waals surface area contributed by atoms with Gasteiger partial charge in [0.25, 0.3) is 5.91 Å². The first kappa shape index (κ1) is 21.6. The van der Waals surface area contributed by atoms with Gasteiger partial charge in [-0.25, -0.2) is 4.39 Å². The number of aromatic nitrogens is 1. The van der Waals surface area contributed by atoms with Crippen LogP contribution in [0.2, 0.25) is 0 Å². The first-order valence-corrected chi connectivity index (χ1v) is 11.1. The second kappa shape index (κ2) is 9.33. The zero-order valence-electron chi connectivity index (χ0n) is 18.3. The van der Waals surface area contributed by atoms with Crippen LogP contribution in [-0.2, 0) is 0 Å². The molecule has 4 nitrogen and oxygen atoms in total. The van der Waals surface area contributed by atoms with Crippen LogP contribution in [0.5, 0.6) is 0 Å². The zero-order chi connectivity index (χ0) is 23.5. The highest BCUT2D eigenvalue weighted by atomic mass is 19.1. The quantitative estimate of drug-likeness (QED) is 0.289. The first-order valence-electron chi connectivity index (χ1n) is 11.1.